The second kappa shape index (κ2) is 10.5. The number of rotatable bonds is 4. The maximum Gasteiger partial charge on any atom is 0.269 e. The van der Waals surface area contributed by atoms with Gasteiger partial charge in [-0.05, 0) is 19.1 Å². The average molecular weight is 319 g/mol. The third-order valence-corrected chi connectivity index (χ3v) is 2.82. The smallest absolute Gasteiger partial charge is 0.269 e. The van der Waals surface area contributed by atoms with Crippen LogP contribution in [0, 0.1) is 10.1 Å². The fourth-order valence-electron chi connectivity index (χ4n) is 1.89. The molecule has 23 heavy (non-hydrogen) atoms. The van der Waals surface area contributed by atoms with Gasteiger partial charge in [-0.3, -0.25) is 10.1 Å². The van der Waals surface area contributed by atoms with Crippen molar-refractivity contribution in [3.05, 3.63) is 77.4 Å². The lowest BCUT2D eigenvalue weighted by atomic mass is 9.98. The summed E-state index contributed by atoms with van der Waals surface area (Å²) in [5.74, 6) is -1.06. The van der Waals surface area contributed by atoms with Gasteiger partial charge in [-0.25, -0.2) is 0 Å². The van der Waals surface area contributed by atoms with Crippen molar-refractivity contribution in [3.63, 3.8) is 0 Å². The maximum absolute atomic E-state index is 10.6. The fourth-order valence-corrected chi connectivity index (χ4v) is 1.89. The van der Waals surface area contributed by atoms with E-state index in [9.17, 15) is 10.1 Å². The summed E-state index contributed by atoms with van der Waals surface area (Å²) in [6, 6.07) is 6.05. The Morgan fingerprint density at radius 3 is 2.00 bits per heavy atom. The number of allylic oxidation sites excluding steroid dienone is 1. The predicted molar refractivity (Wildman–Crippen MR) is 93.2 cm³/mol. The highest BCUT2D eigenvalue weighted by Crippen LogP contribution is 2.38. The van der Waals surface area contributed by atoms with Crippen molar-refractivity contribution in [2.75, 3.05) is 13.2 Å². The Bertz CT molecular complexity index is 528. The van der Waals surface area contributed by atoms with Crippen LogP contribution in [0.2, 0.25) is 0 Å². The average Bonchev–Trinajstić information content (AvgIpc) is 3.08. The minimum absolute atomic E-state index is 0.0242. The number of hydrogen-bond acceptors (Lipinski definition) is 4. The molecule has 126 valence electrons. The monoisotopic (exact) mass is 319 g/mol. The van der Waals surface area contributed by atoms with E-state index in [0.29, 0.717) is 24.4 Å². The molecular formula is C18H25NO4. The minimum Gasteiger partial charge on any atom is -0.340 e. The first-order valence-corrected chi connectivity index (χ1v) is 7.43. The topological polar surface area (TPSA) is 61.6 Å². The summed E-state index contributed by atoms with van der Waals surface area (Å²) in [5, 5.41) is 10.6. The fraction of sp³-hybridized carbons (Fsp3) is 0.333. The van der Waals surface area contributed by atoms with Gasteiger partial charge in [0.05, 0.1) is 18.1 Å². The van der Waals surface area contributed by atoms with Crippen LogP contribution in [-0.2, 0) is 15.3 Å². The zero-order valence-corrected chi connectivity index (χ0v) is 14.1. The molecule has 5 heteroatoms. The number of nitro benzene ring substituents is 1. The molecule has 0 bridgehead atoms. The number of nitrogens with zero attached hydrogens (tertiary/aromatic N) is 1. The van der Waals surface area contributed by atoms with Crippen molar-refractivity contribution in [1.29, 1.82) is 0 Å². The van der Waals surface area contributed by atoms with Crippen molar-refractivity contribution < 1.29 is 14.4 Å². The van der Waals surface area contributed by atoms with Crippen molar-refractivity contribution in [1.82, 2.24) is 0 Å². The molecule has 5 nitrogen and oxygen atoms in total. The molecule has 0 saturated carbocycles. The summed E-state index contributed by atoms with van der Waals surface area (Å²) in [6.45, 7) is 17.7. The number of nitro groups is 1. The van der Waals surface area contributed by atoms with E-state index in [-0.39, 0.29) is 5.69 Å². The molecule has 1 saturated heterocycles. The van der Waals surface area contributed by atoms with Crippen LogP contribution in [0.4, 0.5) is 5.69 Å². The Morgan fingerprint density at radius 1 is 1.22 bits per heavy atom. The molecule has 1 aromatic rings. The van der Waals surface area contributed by atoms with Crippen LogP contribution >= 0.6 is 0 Å². The van der Waals surface area contributed by atoms with Gasteiger partial charge < -0.3 is 9.47 Å². The summed E-state index contributed by atoms with van der Waals surface area (Å²) in [7, 11) is 0. The standard InChI is InChI=1S/C13H13NO4.C3H6.C2H6/c1-3-10(2)13(17-8-9-18-13)11-4-6-12(7-5-11)14(15)16;1-3-2;1-2/h3-7H,1-2,8-9H2;3H,1H2,2H3;1-2H3. The van der Waals surface area contributed by atoms with E-state index in [2.05, 4.69) is 19.7 Å². The van der Waals surface area contributed by atoms with E-state index < -0.39 is 10.7 Å². The molecule has 1 aliphatic heterocycles. The van der Waals surface area contributed by atoms with E-state index >= 15 is 0 Å². The molecule has 1 fully saturated rings. The Hall–Kier alpha value is -2.24. The maximum atomic E-state index is 10.6. The van der Waals surface area contributed by atoms with Crippen LogP contribution in [0.5, 0.6) is 0 Å². The number of non-ortho nitro benzene ring substituents is 1. The van der Waals surface area contributed by atoms with Gasteiger partial charge in [-0.1, -0.05) is 39.2 Å². The Balaban J connectivity index is 0.000000868. The highest BCUT2D eigenvalue weighted by Gasteiger charge is 2.40. The van der Waals surface area contributed by atoms with Crippen LogP contribution in [0.3, 0.4) is 0 Å². The van der Waals surface area contributed by atoms with Crippen molar-refractivity contribution in [3.8, 4) is 0 Å². The van der Waals surface area contributed by atoms with E-state index in [1.807, 2.05) is 20.8 Å². The summed E-state index contributed by atoms with van der Waals surface area (Å²) in [5.41, 5.74) is 1.28. The predicted octanol–water partition coefficient (Wildman–Crippen LogP) is 4.76. The zero-order valence-electron chi connectivity index (χ0n) is 14.1. The van der Waals surface area contributed by atoms with Gasteiger partial charge in [-0.2, -0.15) is 0 Å². The molecule has 1 heterocycles. The minimum atomic E-state index is -1.06. The Kier molecular flexibility index (Phi) is 9.46. The molecule has 1 aromatic carbocycles. The zero-order chi connectivity index (χ0) is 17.9. The van der Waals surface area contributed by atoms with Crippen LogP contribution in [0.15, 0.2) is 61.7 Å². The highest BCUT2D eigenvalue weighted by molar-refractivity contribution is 5.40. The lowest BCUT2D eigenvalue weighted by Gasteiger charge is -2.28. The Morgan fingerprint density at radius 2 is 1.65 bits per heavy atom. The summed E-state index contributed by atoms with van der Waals surface area (Å²) < 4.78 is 11.2. The van der Waals surface area contributed by atoms with Gasteiger partial charge in [0, 0.05) is 23.3 Å². The molecule has 0 N–H and O–H groups in total. The molecule has 0 aromatic heterocycles. The third kappa shape index (κ3) is 5.16. The summed E-state index contributed by atoms with van der Waals surface area (Å²) in [6.07, 6.45) is 3.31. The van der Waals surface area contributed by atoms with Crippen molar-refractivity contribution in [2.45, 2.75) is 26.6 Å². The number of hydrogen-bond donors (Lipinski definition) is 0. The second-order valence-corrected chi connectivity index (χ2v) is 4.26. The molecule has 0 amide bonds. The first kappa shape index (κ1) is 20.8. The van der Waals surface area contributed by atoms with Crippen LogP contribution in [-0.4, -0.2) is 18.1 Å². The first-order valence-electron chi connectivity index (χ1n) is 7.43. The molecule has 0 radical (unpaired) electrons. The Labute approximate surface area is 138 Å². The molecule has 2 rings (SSSR count). The normalized spacial score (nSPS) is 14.4. The van der Waals surface area contributed by atoms with Crippen molar-refractivity contribution in [2.24, 2.45) is 0 Å². The number of ether oxygens (including phenoxy) is 2. The van der Waals surface area contributed by atoms with E-state index in [4.69, 9.17) is 9.47 Å². The molecule has 0 unspecified atom stereocenters. The van der Waals surface area contributed by atoms with E-state index in [1.165, 1.54) is 12.1 Å². The summed E-state index contributed by atoms with van der Waals surface area (Å²) >= 11 is 0. The van der Waals surface area contributed by atoms with Gasteiger partial charge in [0.25, 0.3) is 5.69 Å². The van der Waals surface area contributed by atoms with E-state index in [1.54, 1.807) is 24.3 Å². The van der Waals surface area contributed by atoms with Gasteiger partial charge in [-0.15, -0.1) is 6.58 Å². The van der Waals surface area contributed by atoms with Crippen molar-refractivity contribution >= 4 is 5.69 Å². The molecule has 0 aliphatic carbocycles. The van der Waals surface area contributed by atoms with E-state index in [0.717, 1.165) is 0 Å². The number of benzene rings is 1. The lowest BCUT2D eigenvalue weighted by molar-refractivity contribution is -0.384. The van der Waals surface area contributed by atoms with Crippen LogP contribution in [0.1, 0.15) is 26.3 Å². The van der Waals surface area contributed by atoms with Gasteiger partial charge in [0.15, 0.2) is 0 Å². The molecule has 0 spiro atoms. The van der Waals surface area contributed by atoms with Crippen LogP contribution < -0.4 is 0 Å². The molecular weight excluding hydrogens is 294 g/mol. The SMILES string of the molecule is C=CC.C=CC(=C)C1(c2ccc([N+](=O)[O-])cc2)OCCO1.CC. The molecule has 1 aliphatic rings. The highest BCUT2D eigenvalue weighted by atomic mass is 16.7. The molecule has 0 atom stereocenters. The largest absolute Gasteiger partial charge is 0.340 e. The third-order valence-electron chi connectivity index (χ3n) is 2.82. The first-order chi connectivity index (χ1) is 11.0. The van der Waals surface area contributed by atoms with Gasteiger partial charge >= 0.3 is 0 Å². The second-order valence-electron chi connectivity index (χ2n) is 4.26. The summed E-state index contributed by atoms with van der Waals surface area (Å²) in [4.78, 5) is 10.2. The quantitative estimate of drug-likeness (QED) is 0.347. The van der Waals surface area contributed by atoms with Crippen LogP contribution in [0.25, 0.3) is 0 Å². The van der Waals surface area contributed by atoms with Gasteiger partial charge in [0.1, 0.15) is 0 Å². The lowest BCUT2D eigenvalue weighted by Crippen LogP contribution is -2.28. The van der Waals surface area contributed by atoms with Gasteiger partial charge in [0.2, 0.25) is 5.79 Å².